The van der Waals surface area contributed by atoms with Crippen LogP contribution in [0.25, 0.3) is 0 Å². The smallest absolute Gasteiger partial charge is 0.0811 e. The molecule has 4 fully saturated rings. The van der Waals surface area contributed by atoms with E-state index in [9.17, 15) is 0 Å². The zero-order valence-corrected chi connectivity index (χ0v) is 11.2. The SMILES string of the molecule is CC.CN1CCCC1.NCC12CC(CO1)C2. The molecular formula is C13H28N2O. The van der Waals surface area contributed by atoms with Gasteiger partial charge < -0.3 is 15.4 Å². The van der Waals surface area contributed by atoms with E-state index in [0.29, 0.717) is 0 Å². The summed E-state index contributed by atoms with van der Waals surface area (Å²) >= 11 is 0. The summed E-state index contributed by atoms with van der Waals surface area (Å²) in [5, 5.41) is 0. The molecule has 16 heavy (non-hydrogen) atoms. The molecule has 2 N–H and O–H groups in total. The summed E-state index contributed by atoms with van der Waals surface area (Å²) in [6, 6.07) is 0. The van der Waals surface area contributed by atoms with Gasteiger partial charge in [-0.25, -0.2) is 0 Å². The van der Waals surface area contributed by atoms with Gasteiger partial charge in [-0.3, -0.25) is 0 Å². The second-order valence-corrected chi connectivity index (χ2v) is 4.98. The minimum Gasteiger partial charge on any atom is -0.373 e. The third-order valence-electron chi connectivity index (χ3n) is 3.65. The van der Waals surface area contributed by atoms with Crippen LogP contribution < -0.4 is 5.73 Å². The fourth-order valence-corrected chi connectivity index (χ4v) is 2.62. The molecule has 0 aromatic heterocycles. The first-order chi connectivity index (χ1) is 7.74. The van der Waals surface area contributed by atoms with Gasteiger partial charge in [-0.2, -0.15) is 0 Å². The van der Waals surface area contributed by atoms with Crippen LogP contribution in [0, 0.1) is 5.92 Å². The van der Waals surface area contributed by atoms with E-state index in [1.54, 1.807) is 0 Å². The highest BCUT2D eigenvalue weighted by Crippen LogP contribution is 2.47. The lowest BCUT2D eigenvalue weighted by Gasteiger charge is -2.34. The molecule has 3 aliphatic heterocycles. The van der Waals surface area contributed by atoms with E-state index in [-0.39, 0.29) is 5.60 Å². The van der Waals surface area contributed by atoms with Gasteiger partial charge in [0.05, 0.1) is 12.2 Å². The molecule has 0 amide bonds. The highest BCUT2D eigenvalue weighted by Gasteiger charge is 2.50. The maximum Gasteiger partial charge on any atom is 0.0811 e. The molecule has 3 saturated heterocycles. The fraction of sp³-hybridized carbons (Fsp3) is 1.00. The average molecular weight is 228 g/mol. The van der Waals surface area contributed by atoms with Crippen LogP contribution in [0.2, 0.25) is 0 Å². The van der Waals surface area contributed by atoms with Crippen LogP contribution in [-0.2, 0) is 4.74 Å². The second kappa shape index (κ2) is 6.58. The summed E-state index contributed by atoms with van der Waals surface area (Å²) in [5.74, 6) is 0.860. The second-order valence-electron chi connectivity index (χ2n) is 4.98. The third kappa shape index (κ3) is 3.44. The summed E-state index contributed by atoms with van der Waals surface area (Å²) in [5.41, 5.74) is 5.64. The summed E-state index contributed by atoms with van der Waals surface area (Å²) in [7, 11) is 2.17. The minimum atomic E-state index is 0.157. The largest absolute Gasteiger partial charge is 0.373 e. The van der Waals surface area contributed by atoms with Gasteiger partial charge in [0.25, 0.3) is 0 Å². The van der Waals surface area contributed by atoms with Crippen LogP contribution in [0.3, 0.4) is 0 Å². The maximum absolute atomic E-state index is 5.48. The molecule has 4 rings (SSSR count). The summed E-state index contributed by atoms with van der Waals surface area (Å²) in [6.45, 7) is 8.33. The van der Waals surface area contributed by atoms with Crippen molar-refractivity contribution in [2.75, 3.05) is 33.3 Å². The monoisotopic (exact) mass is 228 g/mol. The molecule has 3 nitrogen and oxygen atoms in total. The van der Waals surface area contributed by atoms with Crippen molar-refractivity contribution in [2.24, 2.45) is 11.7 Å². The molecule has 3 heteroatoms. The highest BCUT2D eigenvalue weighted by molar-refractivity contribution is 5.01. The predicted octanol–water partition coefficient (Wildman–Crippen LogP) is 1.86. The molecule has 0 radical (unpaired) electrons. The molecule has 0 atom stereocenters. The predicted molar refractivity (Wildman–Crippen MR) is 68.5 cm³/mol. The highest BCUT2D eigenvalue weighted by atomic mass is 16.5. The van der Waals surface area contributed by atoms with E-state index in [1.165, 1.54) is 38.8 Å². The number of hydrogen-bond acceptors (Lipinski definition) is 3. The van der Waals surface area contributed by atoms with Crippen LogP contribution in [0.4, 0.5) is 0 Å². The average Bonchev–Trinajstić information content (AvgIpc) is 2.96. The Morgan fingerprint density at radius 2 is 1.81 bits per heavy atom. The first-order valence-electron chi connectivity index (χ1n) is 6.77. The van der Waals surface area contributed by atoms with Gasteiger partial charge in [-0.05, 0) is 51.7 Å². The first-order valence-corrected chi connectivity index (χ1v) is 6.77. The zero-order chi connectivity index (χ0) is 12.0. The lowest BCUT2D eigenvalue weighted by Crippen LogP contribution is -2.43. The number of ether oxygens (including phenoxy) is 1. The van der Waals surface area contributed by atoms with Gasteiger partial charge >= 0.3 is 0 Å². The van der Waals surface area contributed by atoms with Crippen LogP contribution in [-0.4, -0.2) is 43.8 Å². The molecule has 3 heterocycles. The summed E-state index contributed by atoms with van der Waals surface area (Å²) in [6.07, 6.45) is 5.28. The fourth-order valence-electron chi connectivity index (χ4n) is 2.62. The topological polar surface area (TPSA) is 38.5 Å². The Balaban J connectivity index is 0.000000144. The Bertz CT molecular complexity index is 179. The number of nitrogens with zero attached hydrogens (tertiary/aromatic N) is 1. The van der Waals surface area contributed by atoms with E-state index < -0.39 is 0 Å². The number of fused-ring (bicyclic) bond motifs is 1. The van der Waals surface area contributed by atoms with Gasteiger partial charge in [-0.1, -0.05) is 13.8 Å². The van der Waals surface area contributed by atoms with Gasteiger partial charge in [0.2, 0.25) is 0 Å². The van der Waals surface area contributed by atoms with Crippen molar-refractivity contribution in [3.63, 3.8) is 0 Å². The Morgan fingerprint density at radius 3 is 2.00 bits per heavy atom. The molecule has 0 aromatic carbocycles. The van der Waals surface area contributed by atoms with Crippen molar-refractivity contribution in [1.82, 2.24) is 4.90 Å². The van der Waals surface area contributed by atoms with E-state index >= 15 is 0 Å². The van der Waals surface area contributed by atoms with Gasteiger partial charge in [0.15, 0.2) is 0 Å². The normalized spacial score (nSPS) is 35.6. The molecule has 0 unspecified atom stereocenters. The van der Waals surface area contributed by atoms with Crippen molar-refractivity contribution >= 4 is 0 Å². The number of likely N-dealkylation sites (tertiary alicyclic amines) is 1. The van der Waals surface area contributed by atoms with Gasteiger partial charge in [0.1, 0.15) is 0 Å². The molecule has 96 valence electrons. The van der Waals surface area contributed by atoms with Crippen LogP contribution in [0.1, 0.15) is 39.5 Å². The number of nitrogens with two attached hydrogens (primary N) is 1. The van der Waals surface area contributed by atoms with Crippen molar-refractivity contribution in [3.05, 3.63) is 0 Å². The first kappa shape index (κ1) is 13.9. The minimum absolute atomic E-state index is 0.157. The molecule has 0 spiro atoms. The quantitative estimate of drug-likeness (QED) is 0.744. The maximum atomic E-state index is 5.48. The van der Waals surface area contributed by atoms with E-state index in [1.807, 2.05) is 13.8 Å². The summed E-state index contributed by atoms with van der Waals surface area (Å²) < 4.78 is 5.44. The van der Waals surface area contributed by atoms with Crippen LogP contribution in [0.15, 0.2) is 0 Å². The Labute approximate surface area is 100 Å². The van der Waals surface area contributed by atoms with Crippen LogP contribution in [0.5, 0.6) is 0 Å². The molecule has 1 saturated carbocycles. The lowest BCUT2D eigenvalue weighted by molar-refractivity contribution is 0.0106. The van der Waals surface area contributed by atoms with E-state index in [2.05, 4.69) is 11.9 Å². The molecular weight excluding hydrogens is 200 g/mol. The van der Waals surface area contributed by atoms with E-state index in [0.717, 1.165) is 19.1 Å². The summed E-state index contributed by atoms with van der Waals surface area (Å²) in [4.78, 5) is 2.36. The molecule has 1 aliphatic carbocycles. The Morgan fingerprint density at radius 1 is 1.25 bits per heavy atom. The Hall–Kier alpha value is -0.120. The molecule has 2 bridgehead atoms. The van der Waals surface area contributed by atoms with E-state index in [4.69, 9.17) is 10.5 Å². The number of rotatable bonds is 1. The molecule has 0 aromatic rings. The number of hydrogen-bond donors (Lipinski definition) is 1. The van der Waals surface area contributed by atoms with Gasteiger partial charge in [-0.15, -0.1) is 0 Å². The zero-order valence-electron chi connectivity index (χ0n) is 11.2. The lowest BCUT2D eigenvalue weighted by atomic mass is 9.75. The third-order valence-corrected chi connectivity index (χ3v) is 3.65. The van der Waals surface area contributed by atoms with Crippen molar-refractivity contribution in [2.45, 2.75) is 45.1 Å². The van der Waals surface area contributed by atoms with Gasteiger partial charge in [0, 0.05) is 6.54 Å². The van der Waals surface area contributed by atoms with Crippen molar-refractivity contribution in [3.8, 4) is 0 Å². The van der Waals surface area contributed by atoms with Crippen molar-refractivity contribution in [1.29, 1.82) is 0 Å². The standard InChI is InChI=1S/C6H11NO.C5H11N.C2H6/c7-4-6-1-5(2-6)3-8-6;1-6-4-2-3-5-6;1-2/h5H,1-4,7H2;2-5H2,1H3;1-2H3. The Kier molecular flexibility index (Phi) is 5.73. The van der Waals surface area contributed by atoms with Crippen LogP contribution >= 0.6 is 0 Å². The van der Waals surface area contributed by atoms with Crippen molar-refractivity contribution < 1.29 is 4.74 Å². The molecule has 4 aliphatic rings.